The van der Waals surface area contributed by atoms with Crippen LogP contribution in [0.25, 0.3) is 10.6 Å². The first-order valence-corrected chi connectivity index (χ1v) is 9.15. The molecule has 2 N–H and O–H groups in total. The molecule has 0 aliphatic rings. The molecule has 0 fully saturated rings. The number of thiophene rings is 1. The van der Waals surface area contributed by atoms with Gasteiger partial charge in [0, 0.05) is 23.7 Å². The fourth-order valence-corrected chi connectivity index (χ4v) is 3.24. The van der Waals surface area contributed by atoms with E-state index in [1.807, 2.05) is 17.5 Å². The zero-order valence-electron chi connectivity index (χ0n) is 13.7. The standard InChI is InChI=1S/C18H18ClN3O2S/c1-12(24-14-6-4-13(19)5-7-14)18(23)20-9-8-15-17(22-11-21-15)16-3-2-10-25-16/h2-7,10-12H,8-9H2,1H3,(H,20,23)(H,21,22). The molecular weight excluding hydrogens is 358 g/mol. The Labute approximate surface area is 155 Å². The van der Waals surface area contributed by atoms with Gasteiger partial charge in [-0.3, -0.25) is 4.79 Å². The quantitative estimate of drug-likeness (QED) is 0.657. The van der Waals surface area contributed by atoms with E-state index in [0.29, 0.717) is 23.7 Å². The predicted octanol–water partition coefficient (Wildman–Crippen LogP) is 3.92. The lowest BCUT2D eigenvalue weighted by Crippen LogP contribution is -2.37. The first kappa shape index (κ1) is 17.5. The molecule has 0 saturated carbocycles. The summed E-state index contributed by atoms with van der Waals surface area (Å²) in [6.45, 7) is 2.23. The second-order valence-electron chi connectivity index (χ2n) is 5.46. The van der Waals surface area contributed by atoms with Crippen molar-refractivity contribution in [3.05, 3.63) is 58.8 Å². The van der Waals surface area contributed by atoms with Gasteiger partial charge in [0.1, 0.15) is 11.4 Å². The highest BCUT2D eigenvalue weighted by atomic mass is 35.5. The van der Waals surface area contributed by atoms with Gasteiger partial charge in [0.05, 0.1) is 11.2 Å². The van der Waals surface area contributed by atoms with Gasteiger partial charge >= 0.3 is 0 Å². The van der Waals surface area contributed by atoms with Crippen LogP contribution in [-0.4, -0.2) is 28.5 Å². The fourth-order valence-electron chi connectivity index (χ4n) is 2.36. The largest absolute Gasteiger partial charge is 0.481 e. The topological polar surface area (TPSA) is 67.0 Å². The van der Waals surface area contributed by atoms with Crippen molar-refractivity contribution in [2.75, 3.05) is 6.54 Å². The van der Waals surface area contributed by atoms with Crippen LogP contribution in [0, 0.1) is 0 Å². The van der Waals surface area contributed by atoms with Crippen LogP contribution in [0.1, 0.15) is 12.6 Å². The van der Waals surface area contributed by atoms with Gasteiger partial charge in [0.15, 0.2) is 6.10 Å². The molecule has 1 amide bonds. The van der Waals surface area contributed by atoms with Crippen LogP contribution in [0.5, 0.6) is 5.75 Å². The van der Waals surface area contributed by atoms with Crippen molar-refractivity contribution in [3.63, 3.8) is 0 Å². The summed E-state index contributed by atoms with van der Waals surface area (Å²) in [5, 5.41) is 5.54. The monoisotopic (exact) mass is 375 g/mol. The first-order chi connectivity index (χ1) is 12.1. The SMILES string of the molecule is CC(Oc1ccc(Cl)cc1)C(=O)NCCc1[nH]cnc1-c1cccs1. The molecule has 0 aliphatic carbocycles. The van der Waals surface area contributed by atoms with Crippen molar-refractivity contribution in [1.82, 2.24) is 15.3 Å². The van der Waals surface area contributed by atoms with Crippen LogP contribution < -0.4 is 10.1 Å². The van der Waals surface area contributed by atoms with E-state index in [9.17, 15) is 4.79 Å². The normalized spacial score (nSPS) is 11.9. The van der Waals surface area contributed by atoms with Gasteiger partial charge in [0.25, 0.3) is 5.91 Å². The Kier molecular flexibility index (Phi) is 5.73. The van der Waals surface area contributed by atoms with Gasteiger partial charge in [-0.1, -0.05) is 17.7 Å². The van der Waals surface area contributed by atoms with Crippen molar-refractivity contribution in [3.8, 4) is 16.3 Å². The van der Waals surface area contributed by atoms with Crippen molar-refractivity contribution in [2.45, 2.75) is 19.4 Å². The molecule has 25 heavy (non-hydrogen) atoms. The Hall–Kier alpha value is -2.31. The van der Waals surface area contributed by atoms with Crippen LogP contribution in [0.4, 0.5) is 0 Å². The summed E-state index contributed by atoms with van der Waals surface area (Å²) in [4.78, 5) is 20.8. The van der Waals surface area contributed by atoms with Crippen LogP contribution in [-0.2, 0) is 11.2 Å². The number of benzene rings is 1. The molecule has 0 saturated heterocycles. The summed E-state index contributed by atoms with van der Waals surface area (Å²) >= 11 is 7.48. The summed E-state index contributed by atoms with van der Waals surface area (Å²) in [7, 11) is 0. The van der Waals surface area contributed by atoms with Gasteiger partial charge < -0.3 is 15.0 Å². The molecule has 0 spiro atoms. The summed E-state index contributed by atoms with van der Waals surface area (Å²) < 4.78 is 5.61. The van der Waals surface area contributed by atoms with Gasteiger partial charge in [-0.05, 0) is 42.6 Å². The fraction of sp³-hybridized carbons (Fsp3) is 0.222. The number of nitrogens with one attached hydrogen (secondary N) is 2. The van der Waals surface area contributed by atoms with Crippen LogP contribution in [0.15, 0.2) is 48.1 Å². The lowest BCUT2D eigenvalue weighted by atomic mass is 10.2. The number of imidazole rings is 1. The number of amides is 1. The first-order valence-electron chi connectivity index (χ1n) is 7.89. The van der Waals surface area contributed by atoms with Crippen LogP contribution in [0.2, 0.25) is 5.02 Å². The maximum Gasteiger partial charge on any atom is 0.260 e. The van der Waals surface area contributed by atoms with E-state index in [1.165, 1.54) is 0 Å². The lowest BCUT2D eigenvalue weighted by molar-refractivity contribution is -0.127. The molecule has 0 radical (unpaired) electrons. The second-order valence-corrected chi connectivity index (χ2v) is 6.85. The summed E-state index contributed by atoms with van der Waals surface area (Å²) in [5.41, 5.74) is 1.95. The van der Waals surface area contributed by atoms with Gasteiger partial charge in [-0.15, -0.1) is 11.3 Å². The molecule has 1 atom stereocenters. The Balaban J connectivity index is 1.49. The van der Waals surface area contributed by atoms with E-state index >= 15 is 0 Å². The number of rotatable bonds is 7. The number of carbonyl (C=O) groups is 1. The number of nitrogens with zero attached hydrogens (tertiary/aromatic N) is 1. The van der Waals surface area contributed by atoms with E-state index in [1.54, 1.807) is 48.9 Å². The number of hydrogen-bond acceptors (Lipinski definition) is 4. The van der Waals surface area contributed by atoms with Gasteiger partial charge in [0.2, 0.25) is 0 Å². The third-order valence-corrected chi connectivity index (χ3v) is 4.77. The number of aromatic amines is 1. The van der Waals surface area contributed by atoms with E-state index in [4.69, 9.17) is 16.3 Å². The minimum atomic E-state index is -0.584. The number of hydrogen-bond donors (Lipinski definition) is 2. The summed E-state index contributed by atoms with van der Waals surface area (Å²) in [6, 6.07) is 11.0. The molecule has 3 aromatic rings. The zero-order chi connectivity index (χ0) is 17.6. The van der Waals surface area contributed by atoms with E-state index < -0.39 is 6.10 Å². The molecule has 130 valence electrons. The minimum Gasteiger partial charge on any atom is -0.481 e. The highest BCUT2D eigenvalue weighted by molar-refractivity contribution is 7.13. The van der Waals surface area contributed by atoms with Crippen molar-refractivity contribution in [1.29, 1.82) is 0 Å². The molecule has 3 rings (SSSR count). The molecule has 0 bridgehead atoms. The summed E-state index contributed by atoms with van der Waals surface area (Å²) in [6.07, 6.45) is 1.77. The molecule has 1 unspecified atom stereocenters. The van der Waals surface area contributed by atoms with Crippen molar-refractivity contribution >= 4 is 28.8 Å². The highest BCUT2D eigenvalue weighted by Crippen LogP contribution is 2.25. The van der Waals surface area contributed by atoms with Crippen LogP contribution in [0.3, 0.4) is 0 Å². The number of halogens is 1. The maximum absolute atomic E-state index is 12.2. The number of aromatic nitrogens is 2. The zero-order valence-corrected chi connectivity index (χ0v) is 15.2. The number of carbonyl (C=O) groups excluding carboxylic acids is 1. The Bertz CT molecular complexity index is 815. The number of H-pyrrole nitrogens is 1. The molecule has 2 aromatic heterocycles. The molecular formula is C18H18ClN3O2S. The summed E-state index contributed by atoms with van der Waals surface area (Å²) in [5.74, 6) is 0.452. The molecule has 7 heteroatoms. The van der Waals surface area contributed by atoms with Crippen LogP contribution >= 0.6 is 22.9 Å². The van der Waals surface area contributed by atoms with E-state index in [2.05, 4.69) is 15.3 Å². The minimum absolute atomic E-state index is 0.160. The Morgan fingerprint density at radius 3 is 2.88 bits per heavy atom. The lowest BCUT2D eigenvalue weighted by Gasteiger charge is -2.14. The van der Waals surface area contributed by atoms with Crippen molar-refractivity contribution < 1.29 is 9.53 Å². The molecule has 2 heterocycles. The van der Waals surface area contributed by atoms with Gasteiger partial charge in [-0.25, -0.2) is 4.98 Å². The molecule has 0 aliphatic heterocycles. The van der Waals surface area contributed by atoms with E-state index in [-0.39, 0.29) is 5.91 Å². The smallest absolute Gasteiger partial charge is 0.260 e. The molecule has 1 aromatic carbocycles. The Morgan fingerprint density at radius 1 is 1.36 bits per heavy atom. The third kappa shape index (κ3) is 4.61. The Morgan fingerprint density at radius 2 is 2.16 bits per heavy atom. The van der Waals surface area contributed by atoms with E-state index in [0.717, 1.165) is 16.3 Å². The number of ether oxygens (including phenoxy) is 1. The average molecular weight is 376 g/mol. The molecule has 5 nitrogen and oxygen atoms in total. The maximum atomic E-state index is 12.2. The van der Waals surface area contributed by atoms with Gasteiger partial charge in [-0.2, -0.15) is 0 Å². The second kappa shape index (κ2) is 8.18. The highest BCUT2D eigenvalue weighted by Gasteiger charge is 2.15. The average Bonchev–Trinajstić information content (AvgIpc) is 3.27. The predicted molar refractivity (Wildman–Crippen MR) is 100 cm³/mol. The van der Waals surface area contributed by atoms with Crippen molar-refractivity contribution in [2.24, 2.45) is 0 Å². The third-order valence-electron chi connectivity index (χ3n) is 3.64.